The molecule has 1 unspecified atom stereocenters. The Kier molecular flexibility index (Phi) is 4.05. The number of nitriles is 1. The summed E-state index contributed by atoms with van der Waals surface area (Å²) in [5, 5.41) is 12.9. The van der Waals surface area contributed by atoms with E-state index in [1.807, 2.05) is 26.8 Å². The quantitative estimate of drug-likeness (QED) is 0.865. The standard InChI is InChI=1S/C15H16FN3O2/c1-15(2,3)12(20-4)13-18-14(21-19-13)9-6-5-7-11(16)10(9)8-17/h5-7,12H,1-4H3. The van der Waals surface area contributed by atoms with Crippen LogP contribution in [-0.2, 0) is 4.74 Å². The number of aromatic nitrogens is 2. The molecule has 0 radical (unpaired) electrons. The number of ether oxygens (including phenoxy) is 1. The van der Waals surface area contributed by atoms with Crippen molar-refractivity contribution in [2.75, 3.05) is 7.11 Å². The summed E-state index contributed by atoms with van der Waals surface area (Å²) in [7, 11) is 1.56. The van der Waals surface area contributed by atoms with Crippen molar-refractivity contribution in [3.05, 3.63) is 35.4 Å². The van der Waals surface area contributed by atoms with Crippen molar-refractivity contribution in [2.45, 2.75) is 26.9 Å². The highest BCUT2D eigenvalue weighted by Gasteiger charge is 2.31. The second-order valence-electron chi connectivity index (χ2n) is 5.71. The second-order valence-corrected chi connectivity index (χ2v) is 5.71. The van der Waals surface area contributed by atoms with Crippen LogP contribution in [-0.4, -0.2) is 17.3 Å². The van der Waals surface area contributed by atoms with Gasteiger partial charge in [0.1, 0.15) is 23.6 Å². The van der Waals surface area contributed by atoms with E-state index in [4.69, 9.17) is 14.5 Å². The Morgan fingerprint density at radius 1 is 1.38 bits per heavy atom. The number of benzene rings is 1. The van der Waals surface area contributed by atoms with Gasteiger partial charge in [-0.25, -0.2) is 4.39 Å². The maximum atomic E-state index is 13.6. The van der Waals surface area contributed by atoms with E-state index in [9.17, 15) is 4.39 Å². The molecule has 1 atom stereocenters. The van der Waals surface area contributed by atoms with E-state index in [2.05, 4.69) is 10.1 Å². The van der Waals surface area contributed by atoms with E-state index >= 15 is 0 Å². The zero-order valence-electron chi connectivity index (χ0n) is 12.3. The summed E-state index contributed by atoms with van der Waals surface area (Å²) in [6.07, 6.45) is -0.367. The number of hydrogen-bond acceptors (Lipinski definition) is 5. The molecule has 2 rings (SSSR count). The van der Waals surface area contributed by atoms with Gasteiger partial charge in [0, 0.05) is 7.11 Å². The van der Waals surface area contributed by atoms with Crippen molar-refractivity contribution in [1.82, 2.24) is 10.1 Å². The zero-order chi connectivity index (χ0) is 15.6. The monoisotopic (exact) mass is 289 g/mol. The first-order valence-corrected chi connectivity index (χ1v) is 6.44. The van der Waals surface area contributed by atoms with Crippen LogP contribution in [0.1, 0.15) is 38.3 Å². The van der Waals surface area contributed by atoms with Crippen molar-refractivity contribution in [2.24, 2.45) is 5.41 Å². The summed E-state index contributed by atoms with van der Waals surface area (Å²) in [4.78, 5) is 4.25. The van der Waals surface area contributed by atoms with Gasteiger partial charge >= 0.3 is 0 Å². The minimum atomic E-state index is -0.617. The lowest BCUT2D eigenvalue weighted by Crippen LogP contribution is -2.21. The molecule has 110 valence electrons. The van der Waals surface area contributed by atoms with Crippen LogP contribution in [0.3, 0.4) is 0 Å². The van der Waals surface area contributed by atoms with Crippen LogP contribution in [0.5, 0.6) is 0 Å². The second kappa shape index (κ2) is 5.62. The molecule has 21 heavy (non-hydrogen) atoms. The molecule has 0 spiro atoms. The van der Waals surface area contributed by atoms with Gasteiger partial charge in [0.2, 0.25) is 5.82 Å². The lowest BCUT2D eigenvalue weighted by Gasteiger charge is -2.26. The molecule has 6 heteroatoms. The Labute approximate surface area is 122 Å². The third-order valence-electron chi connectivity index (χ3n) is 3.05. The molecule has 0 saturated carbocycles. The van der Waals surface area contributed by atoms with Crippen molar-refractivity contribution >= 4 is 0 Å². The van der Waals surface area contributed by atoms with Gasteiger partial charge in [-0.3, -0.25) is 0 Å². The molecule has 2 aromatic rings. The molecule has 1 heterocycles. The van der Waals surface area contributed by atoms with E-state index < -0.39 is 5.82 Å². The molecule has 5 nitrogen and oxygen atoms in total. The molecule has 1 aromatic carbocycles. The smallest absolute Gasteiger partial charge is 0.259 e. The van der Waals surface area contributed by atoms with Gasteiger partial charge in [-0.15, -0.1) is 0 Å². The van der Waals surface area contributed by atoms with E-state index in [1.54, 1.807) is 13.2 Å². The number of rotatable bonds is 3. The fourth-order valence-electron chi connectivity index (χ4n) is 2.11. The first-order valence-electron chi connectivity index (χ1n) is 6.44. The summed E-state index contributed by atoms with van der Waals surface area (Å²) >= 11 is 0. The summed E-state index contributed by atoms with van der Waals surface area (Å²) in [5.74, 6) is -0.144. The van der Waals surface area contributed by atoms with Gasteiger partial charge in [0.05, 0.1) is 5.56 Å². The predicted molar refractivity (Wildman–Crippen MR) is 73.6 cm³/mol. The fraction of sp³-hybridized carbons (Fsp3) is 0.400. The summed E-state index contributed by atoms with van der Waals surface area (Å²) in [6.45, 7) is 5.96. The van der Waals surface area contributed by atoms with Crippen LogP contribution >= 0.6 is 0 Å². The number of hydrogen-bond donors (Lipinski definition) is 0. The summed E-state index contributed by atoms with van der Waals surface area (Å²) in [5.41, 5.74) is -0.0620. The molecule has 0 aliphatic carbocycles. The van der Waals surface area contributed by atoms with Gasteiger partial charge in [0.25, 0.3) is 5.89 Å². The van der Waals surface area contributed by atoms with E-state index in [1.165, 1.54) is 12.1 Å². The van der Waals surface area contributed by atoms with Gasteiger partial charge in [0.15, 0.2) is 0 Å². The summed E-state index contributed by atoms with van der Waals surface area (Å²) in [6, 6.07) is 6.09. The molecule has 0 aliphatic heterocycles. The molecule has 0 saturated heterocycles. The van der Waals surface area contributed by atoms with Gasteiger partial charge in [-0.05, 0) is 17.5 Å². The first kappa shape index (κ1) is 15.1. The van der Waals surface area contributed by atoms with Crippen molar-refractivity contribution in [1.29, 1.82) is 5.26 Å². The minimum absolute atomic E-state index is 0.104. The SMILES string of the molecule is COC(c1noc(-c2cccc(F)c2C#N)n1)C(C)(C)C. The number of nitrogens with zero attached hydrogens (tertiary/aromatic N) is 3. The molecule has 0 N–H and O–H groups in total. The topological polar surface area (TPSA) is 71.9 Å². The van der Waals surface area contributed by atoms with Crippen LogP contribution in [0.2, 0.25) is 0 Å². The largest absolute Gasteiger partial charge is 0.373 e. The maximum absolute atomic E-state index is 13.6. The molecular weight excluding hydrogens is 273 g/mol. The molecule has 0 fully saturated rings. The van der Waals surface area contributed by atoms with E-state index in [0.717, 1.165) is 0 Å². The molecule has 0 bridgehead atoms. The Morgan fingerprint density at radius 2 is 2.10 bits per heavy atom. The average Bonchev–Trinajstić information content (AvgIpc) is 2.86. The molecule has 0 amide bonds. The lowest BCUT2D eigenvalue weighted by molar-refractivity contribution is 0.00718. The lowest BCUT2D eigenvalue weighted by atomic mass is 9.88. The third-order valence-corrected chi connectivity index (χ3v) is 3.05. The molecule has 0 aliphatic rings. The summed E-state index contributed by atoms with van der Waals surface area (Å²) < 4.78 is 24.2. The van der Waals surface area contributed by atoms with Crippen LogP contribution < -0.4 is 0 Å². The van der Waals surface area contributed by atoms with Crippen LogP contribution in [0.25, 0.3) is 11.5 Å². The van der Waals surface area contributed by atoms with E-state index in [-0.39, 0.29) is 28.5 Å². The normalized spacial score (nSPS) is 13.0. The fourth-order valence-corrected chi connectivity index (χ4v) is 2.11. The number of halogens is 1. The van der Waals surface area contributed by atoms with Gasteiger partial charge in [-0.1, -0.05) is 32.0 Å². The number of methoxy groups -OCH3 is 1. The van der Waals surface area contributed by atoms with Crippen LogP contribution in [0.15, 0.2) is 22.7 Å². The van der Waals surface area contributed by atoms with Crippen LogP contribution in [0.4, 0.5) is 4.39 Å². The molecular formula is C15H16FN3O2. The average molecular weight is 289 g/mol. The van der Waals surface area contributed by atoms with Crippen molar-refractivity contribution in [3.63, 3.8) is 0 Å². The molecule has 1 aromatic heterocycles. The highest BCUT2D eigenvalue weighted by Crippen LogP contribution is 2.35. The van der Waals surface area contributed by atoms with Crippen molar-refractivity contribution in [3.8, 4) is 17.5 Å². The minimum Gasteiger partial charge on any atom is -0.373 e. The van der Waals surface area contributed by atoms with Crippen LogP contribution in [0, 0.1) is 22.6 Å². The Hall–Kier alpha value is -2.26. The van der Waals surface area contributed by atoms with Crippen molar-refractivity contribution < 1.29 is 13.7 Å². The Morgan fingerprint density at radius 3 is 2.67 bits per heavy atom. The zero-order valence-corrected chi connectivity index (χ0v) is 12.3. The van der Waals surface area contributed by atoms with Gasteiger partial charge < -0.3 is 9.26 Å². The highest BCUT2D eigenvalue weighted by atomic mass is 19.1. The predicted octanol–water partition coefficient (Wildman–Crippen LogP) is 3.48. The Bertz CT molecular complexity index is 683. The third kappa shape index (κ3) is 2.93. The van der Waals surface area contributed by atoms with E-state index in [0.29, 0.717) is 5.82 Å². The Balaban J connectivity index is 2.46. The maximum Gasteiger partial charge on any atom is 0.259 e. The van der Waals surface area contributed by atoms with Gasteiger partial charge in [-0.2, -0.15) is 10.2 Å². The first-order chi connectivity index (χ1) is 9.88. The highest BCUT2D eigenvalue weighted by molar-refractivity contribution is 5.63.